The number of para-hydroxylation sites is 2. The van der Waals surface area contributed by atoms with Gasteiger partial charge < -0.3 is 10.1 Å². The normalized spacial score (nSPS) is 11.1. The number of hydrogen-bond donors (Lipinski definition) is 1. The Bertz CT molecular complexity index is 773. The maximum Gasteiger partial charge on any atom is 0.261 e. The second kappa shape index (κ2) is 8.16. The molecule has 1 aromatic carbocycles. The summed E-state index contributed by atoms with van der Waals surface area (Å²) in [5.74, 6) is 0.284. The molecule has 0 aliphatic rings. The molecule has 0 fully saturated rings. The molecule has 0 aliphatic carbocycles. The summed E-state index contributed by atoms with van der Waals surface area (Å²) < 4.78 is 31.1. The van der Waals surface area contributed by atoms with E-state index in [1.807, 2.05) is 12.3 Å². The Kier molecular flexibility index (Phi) is 6.22. The van der Waals surface area contributed by atoms with Gasteiger partial charge in [0.15, 0.2) is 0 Å². The number of rotatable bonds is 8. The molecule has 6 nitrogen and oxygen atoms in total. The van der Waals surface area contributed by atoms with Crippen LogP contribution in [0.4, 0.5) is 5.69 Å². The lowest BCUT2D eigenvalue weighted by atomic mass is 10.3. The number of nitrogens with zero attached hydrogens (tertiary/aromatic N) is 1. The lowest BCUT2D eigenvalue weighted by Gasteiger charge is -2.24. The predicted octanol–water partition coefficient (Wildman–Crippen LogP) is 2.34. The topological polar surface area (TPSA) is 75.7 Å². The lowest BCUT2D eigenvalue weighted by molar-refractivity contribution is 0.0959. The van der Waals surface area contributed by atoms with Crippen LogP contribution in [0, 0.1) is 0 Å². The summed E-state index contributed by atoms with van der Waals surface area (Å²) in [4.78, 5) is 12.5. The van der Waals surface area contributed by atoms with Gasteiger partial charge in [0.05, 0.1) is 30.0 Å². The van der Waals surface area contributed by atoms with Crippen LogP contribution in [0.15, 0.2) is 41.8 Å². The van der Waals surface area contributed by atoms with Crippen LogP contribution in [0.2, 0.25) is 0 Å². The van der Waals surface area contributed by atoms with Gasteiger partial charge in [0.1, 0.15) is 5.75 Å². The highest BCUT2D eigenvalue weighted by atomic mass is 32.2. The van der Waals surface area contributed by atoms with Crippen molar-refractivity contribution in [2.45, 2.75) is 6.92 Å². The molecule has 130 valence electrons. The Morgan fingerprint density at radius 1 is 1.25 bits per heavy atom. The zero-order chi connectivity index (χ0) is 17.6. The second-order valence-electron chi connectivity index (χ2n) is 4.97. The third-order valence-corrected chi connectivity index (χ3v) is 5.23. The van der Waals surface area contributed by atoms with Crippen LogP contribution < -0.4 is 14.4 Å². The van der Waals surface area contributed by atoms with Gasteiger partial charge in [0.25, 0.3) is 5.91 Å². The molecule has 0 saturated carbocycles. The molecule has 1 heterocycles. The highest BCUT2D eigenvalue weighted by Crippen LogP contribution is 2.29. The van der Waals surface area contributed by atoms with Crippen molar-refractivity contribution in [3.05, 3.63) is 46.7 Å². The molecule has 0 atom stereocenters. The first-order valence-electron chi connectivity index (χ1n) is 7.44. The summed E-state index contributed by atoms with van der Waals surface area (Å²) in [7, 11) is -3.51. The Morgan fingerprint density at radius 3 is 2.62 bits per heavy atom. The number of amides is 1. The minimum absolute atomic E-state index is 0.125. The monoisotopic (exact) mass is 368 g/mol. The molecule has 1 aromatic heterocycles. The number of hydrogen-bond acceptors (Lipinski definition) is 5. The molecular weight excluding hydrogens is 348 g/mol. The van der Waals surface area contributed by atoms with E-state index < -0.39 is 10.0 Å². The van der Waals surface area contributed by atoms with Crippen molar-refractivity contribution in [3.63, 3.8) is 0 Å². The average Bonchev–Trinajstić information content (AvgIpc) is 3.06. The number of sulfonamides is 1. The third kappa shape index (κ3) is 4.72. The van der Waals surface area contributed by atoms with Crippen LogP contribution in [-0.2, 0) is 10.0 Å². The van der Waals surface area contributed by atoms with Crippen LogP contribution in [-0.4, -0.2) is 40.3 Å². The van der Waals surface area contributed by atoms with E-state index >= 15 is 0 Å². The Morgan fingerprint density at radius 2 is 2.00 bits per heavy atom. The SMILES string of the molecule is CCOc1ccccc1N(CCNC(=O)c1cccs1)S(C)(=O)=O. The molecule has 0 spiro atoms. The van der Waals surface area contributed by atoms with Crippen LogP contribution >= 0.6 is 11.3 Å². The Balaban J connectivity index is 2.11. The van der Waals surface area contributed by atoms with Gasteiger partial charge in [-0.1, -0.05) is 18.2 Å². The van der Waals surface area contributed by atoms with E-state index in [0.29, 0.717) is 22.9 Å². The van der Waals surface area contributed by atoms with Crippen molar-refractivity contribution < 1.29 is 17.9 Å². The van der Waals surface area contributed by atoms with Gasteiger partial charge in [-0.3, -0.25) is 9.10 Å². The maximum atomic E-state index is 12.2. The highest BCUT2D eigenvalue weighted by Gasteiger charge is 2.21. The molecule has 8 heteroatoms. The number of carbonyl (C=O) groups is 1. The van der Waals surface area contributed by atoms with Crippen molar-refractivity contribution in [3.8, 4) is 5.75 Å². The number of thiophene rings is 1. The molecule has 0 saturated heterocycles. The fraction of sp³-hybridized carbons (Fsp3) is 0.312. The largest absolute Gasteiger partial charge is 0.492 e. The fourth-order valence-electron chi connectivity index (χ4n) is 2.17. The number of benzene rings is 1. The molecule has 1 amide bonds. The average molecular weight is 368 g/mol. The van der Waals surface area contributed by atoms with Gasteiger partial charge in [-0.2, -0.15) is 0 Å². The number of ether oxygens (including phenoxy) is 1. The fourth-order valence-corrected chi connectivity index (χ4v) is 3.74. The molecule has 0 unspecified atom stereocenters. The van der Waals surface area contributed by atoms with E-state index in [1.165, 1.54) is 15.6 Å². The molecule has 2 aromatic rings. The van der Waals surface area contributed by atoms with E-state index in [2.05, 4.69) is 5.32 Å². The van der Waals surface area contributed by atoms with Crippen molar-refractivity contribution in [2.24, 2.45) is 0 Å². The summed E-state index contributed by atoms with van der Waals surface area (Å²) in [5, 5.41) is 4.55. The predicted molar refractivity (Wildman–Crippen MR) is 96.5 cm³/mol. The number of carbonyl (C=O) groups excluding carboxylic acids is 1. The highest BCUT2D eigenvalue weighted by molar-refractivity contribution is 7.92. The number of nitrogens with one attached hydrogen (secondary N) is 1. The van der Waals surface area contributed by atoms with Crippen LogP contribution in [0.1, 0.15) is 16.6 Å². The van der Waals surface area contributed by atoms with E-state index in [0.717, 1.165) is 6.26 Å². The Labute approximate surface area is 146 Å². The summed E-state index contributed by atoms with van der Waals surface area (Å²) >= 11 is 1.34. The molecule has 0 aliphatic heterocycles. The first-order valence-corrected chi connectivity index (χ1v) is 10.2. The zero-order valence-electron chi connectivity index (χ0n) is 13.6. The summed E-state index contributed by atoms with van der Waals surface area (Å²) in [5.41, 5.74) is 0.465. The van der Waals surface area contributed by atoms with Gasteiger partial charge in [0, 0.05) is 6.54 Å². The Hall–Kier alpha value is -2.06. The minimum Gasteiger partial charge on any atom is -0.492 e. The van der Waals surface area contributed by atoms with Crippen molar-refractivity contribution in [1.29, 1.82) is 0 Å². The van der Waals surface area contributed by atoms with E-state index in [-0.39, 0.29) is 19.0 Å². The van der Waals surface area contributed by atoms with Gasteiger partial charge in [-0.15, -0.1) is 11.3 Å². The van der Waals surface area contributed by atoms with Crippen molar-refractivity contribution in [1.82, 2.24) is 5.32 Å². The quantitative estimate of drug-likeness (QED) is 0.776. The van der Waals surface area contributed by atoms with E-state index in [4.69, 9.17) is 4.74 Å². The van der Waals surface area contributed by atoms with E-state index in [9.17, 15) is 13.2 Å². The van der Waals surface area contributed by atoms with Crippen molar-refractivity contribution in [2.75, 3.05) is 30.3 Å². The zero-order valence-corrected chi connectivity index (χ0v) is 15.2. The van der Waals surface area contributed by atoms with Crippen LogP contribution in [0.3, 0.4) is 0 Å². The minimum atomic E-state index is -3.51. The van der Waals surface area contributed by atoms with Gasteiger partial charge in [-0.25, -0.2) is 8.42 Å². The third-order valence-electron chi connectivity index (χ3n) is 3.18. The number of anilines is 1. The maximum absolute atomic E-state index is 12.2. The summed E-state index contributed by atoms with van der Waals surface area (Å²) in [6.45, 7) is 2.59. The van der Waals surface area contributed by atoms with Gasteiger partial charge in [0.2, 0.25) is 10.0 Å². The smallest absolute Gasteiger partial charge is 0.261 e. The van der Waals surface area contributed by atoms with Gasteiger partial charge >= 0.3 is 0 Å². The molecular formula is C16H20N2O4S2. The standard InChI is InChI=1S/C16H20N2O4S2/c1-3-22-14-8-5-4-7-13(14)18(24(2,20)21)11-10-17-16(19)15-9-6-12-23-15/h4-9,12H,3,10-11H2,1-2H3,(H,17,19). The molecule has 24 heavy (non-hydrogen) atoms. The lowest BCUT2D eigenvalue weighted by Crippen LogP contribution is -2.38. The molecule has 0 radical (unpaired) electrons. The first kappa shape index (κ1) is 18.3. The second-order valence-corrected chi connectivity index (χ2v) is 7.82. The van der Waals surface area contributed by atoms with Gasteiger partial charge in [-0.05, 0) is 30.5 Å². The van der Waals surface area contributed by atoms with Crippen LogP contribution in [0.25, 0.3) is 0 Å². The van der Waals surface area contributed by atoms with Crippen molar-refractivity contribution >= 4 is 33.0 Å². The first-order chi connectivity index (χ1) is 11.4. The summed E-state index contributed by atoms with van der Waals surface area (Å²) in [6, 6.07) is 10.5. The van der Waals surface area contributed by atoms with E-state index in [1.54, 1.807) is 36.4 Å². The van der Waals surface area contributed by atoms with Crippen LogP contribution in [0.5, 0.6) is 5.75 Å². The molecule has 0 bridgehead atoms. The molecule has 1 N–H and O–H groups in total. The summed E-state index contributed by atoms with van der Waals surface area (Å²) in [6.07, 6.45) is 1.14. The molecule has 2 rings (SSSR count).